The average Bonchev–Trinajstić information content (AvgIpc) is 2.91. The molecule has 18 heavy (non-hydrogen) atoms. The van der Waals surface area contributed by atoms with Crippen molar-refractivity contribution in [2.24, 2.45) is 0 Å². The van der Waals surface area contributed by atoms with Gasteiger partial charge in [0.05, 0.1) is 6.10 Å². The van der Waals surface area contributed by atoms with E-state index >= 15 is 0 Å². The Morgan fingerprint density at radius 2 is 1.72 bits per heavy atom. The number of hydrogen-bond acceptors (Lipinski definition) is 3. The Kier molecular flexibility index (Phi) is 3.43. The van der Waals surface area contributed by atoms with Gasteiger partial charge in [-0.15, -0.1) is 0 Å². The maximum Gasteiger partial charge on any atom is 0.120 e. The van der Waals surface area contributed by atoms with Gasteiger partial charge in [0.1, 0.15) is 5.75 Å². The lowest BCUT2D eigenvalue weighted by molar-refractivity contribution is 0.210. The molecule has 1 saturated carbocycles. The Labute approximate surface area is 111 Å². The van der Waals surface area contributed by atoms with E-state index < -0.39 is 0 Å². The summed E-state index contributed by atoms with van der Waals surface area (Å²) in [5, 5.41) is 2.29. The quantitative estimate of drug-likeness (QED) is 0.809. The topological polar surface area (TPSA) is 29.5 Å². The molecule has 1 N–H and O–H groups in total. The normalized spacial score (nSPS) is 16.3. The average molecular weight is 260 g/mol. The minimum absolute atomic E-state index is 0.398. The molecule has 1 aliphatic carbocycles. The summed E-state index contributed by atoms with van der Waals surface area (Å²) in [6, 6.07) is 12.1. The fourth-order valence-electron chi connectivity index (χ4n) is 2.53. The van der Waals surface area contributed by atoms with Crippen LogP contribution >= 0.6 is 12.0 Å². The molecule has 0 radical (unpaired) electrons. The highest BCUT2D eigenvalue weighted by atomic mass is 32.2. The number of hydrogen-bond donors (Lipinski definition) is 1. The molecule has 3 heteroatoms. The van der Waals surface area contributed by atoms with Gasteiger partial charge in [-0.05, 0) is 60.7 Å². The first-order valence-corrected chi connectivity index (χ1v) is 7.14. The van der Waals surface area contributed by atoms with Crippen molar-refractivity contribution < 1.29 is 9.29 Å². The number of ether oxygens (including phenoxy) is 1. The molecule has 0 heterocycles. The van der Waals surface area contributed by atoms with Gasteiger partial charge in [0.2, 0.25) is 0 Å². The molecular weight excluding hydrogens is 244 g/mol. The molecule has 0 aliphatic heterocycles. The van der Waals surface area contributed by atoms with Crippen LogP contribution in [0.2, 0.25) is 0 Å². The summed E-state index contributed by atoms with van der Waals surface area (Å²) in [5.41, 5.74) is 0. The molecule has 1 fully saturated rings. The summed E-state index contributed by atoms with van der Waals surface area (Å²) in [6.45, 7) is 0. The molecule has 0 amide bonds. The van der Waals surface area contributed by atoms with Crippen LogP contribution in [0.1, 0.15) is 25.7 Å². The molecule has 1 aliphatic rings. The molecule has 0 unspecified atom stereocenters. The molecule has 0 aromatic heterocycles. The lowest BCUT2D eigenvalue weighted by Crippen LogP contribution is -2.10. The smallest absolute Gasteiger partial charge is 0.120 e. The predicted molar refractivity (Wildman–Crippen MR) is 75.3 cm³/mol. The largest absolute Gasteiger partial charge is 0.490 e. The number of rotatable bonds is 3. The predicted octanol–water partition coefficient (Wildman–Crippen LogP) is 4.73. The summed E-state index contributed by atoms with van der Waals surface area (Å²) in [7, 11) is 0. The summed E-state index contributed by atoms with van der Waals surface area (Å²) >= 11 is 0.783. The summed E-state index contributed by atoms with van der Waals surface area (Å²) in [6.07, 6.45) is 5.33. The van der Waals surface area contributed by atoms with Crippen molar-refractivity contribution in [3.63, 3.8) is 0 Å². The van der Waals surface area contributed by atoms with E-state index in [2.05, 4.69) is 12.1 Å². The Balaban J connectivity index is 1.86. The van der Waals surface area contributed by atoms with Crippen LogP contribution in [0.5, 0.6) is 5.75 Å². The first-order valence-electron chi connectivity index (χ1n) is 6.37. The van der Waals surface area contributed by atoms with Crippen molar-refractivity contribution in [2.75, 3.05) is 0 Å². The van der Waals surface area contributed by atoms with Crippen molar-refractivity contribution in [1.82, 2.24) is 0 Å². The van der Waals surface area contributed by atoms with Gasteiger partial charge >= 0.3 is 0 Å². The third-order valence-electron chi connectivity index (χ3n) is 3.49. The first kappa shape index (κ1) is 11.9. The van der Waals surface area contributed by atoms with Crippen LogP contribution in [0.15, 0.2) is 41.3 Å². The molecule has 94 valence electrons. The fourth-order valence-corrected chi connectivity index (χ4v) is 2.84. The molecule has 2 nitrogen and oxygen atoms in total. The van der Waals surface area contributed by atoms with Crippen molar-refractivity contribution in [2.45, 2.75) is 36.7 Å². The van der Waals surface area contributed by atoms with Gasteiger partial charge in [-0.2, -0.15) is 0 Å². The zero-order valence-corrected chi connectivity index (χ0v) is 11.0. The van der Waals surface area contributed by atoms with E-state index in [1.165, 1.54) is 25.7 Å². The monoisotopic (exact) mass is 260 g/mol. The van der Waals surface area contributed by atoms with Crippen molar-refractivity contribution in [1.29, 1.82) is 0 Å². The van der Waals surface area contributed by atoms with Crippen LogP contribution in [0.25, 0.3) is 10.8 Å². The minimum atomic E-state index is 0.398. The lowest BCUT2D eigenvalue weighted by atomic mass is 10.1. The molecular formula is C15H16O2S. The lowest BCUT2D eigenvalue weighted by Gasteiger charge is -2.13. The second-order valence-electron chi connectivity index (χ2n) is 4.79. The van der Waals surface area contributed by atoms with E-state index in [0.717, 1.165) is 33.5 Å². The van der Waals surface area contributed by atoms with Crippen LogP contribution in [0.4, 0.5) is 0 Å². The minimum Gasteiger partial charge on any atom is -0.490 e. The summed E-state index contributed by atoms with van der Waals surface area (Å²) in [4.78, 5) is 0.868. The van der Waals surface area contributed by atoms with Gasteiger partial charge in [0.15, 0.2) is 0 Å². The summed E-state index contributed by atoms with van der Waals surface area (Å²) in [5.74, 6) is 0.957. The zero-order chi connectivity index (χ0) is 12.4. The van der Waals surface area contributed by atoms with Crippen LogP contribution in [0.3, 0.4) is 0 Å². The summed E-state index contributed by atoms with van der Waals surface area (Å²) < 4.78 is 15.0. The molecule has 3 rings (SSSR count). The van der Waals surface area contributed by atoms with Gasteiger partial charge in [-0.3, -0.25) is 0 Å². The molecule has 0 atom stereocenters. The van der Waals surface area contributed by atoms with Gasteiger partial charge in [-0.25, -0.2) is 0 Å². The maximum absolute atomic E-state index is 9.03. The molecule has 0 saturated heterocycles. The van der Waals surface area contributed by atoms with Gasteiger partial charge in [-0.1, -0.05) is 12.1 Å². The highest BCUT2D eigenvalue weighted by Gasteiger charge is 2.16. The maximum atomic E-state index is 9.03. The second kappa shape index (κ2) is 5.21. The van der Waals surface area contributed by atoms with Gasteiger partial charge in [0.25, 0.3) is 0 Å². The standard InChI is InChI=1S/C15H16O2S/c16-18-15-8-6-11-9-14(7-5-12(11)10-15)17-13-3-1-2-4-13/h5-10,13,16H,1-4H2. The van der Waals surface area contributed by atoms with Crippen LogP contribution in [0, 0.1) is 0 Å². The van der Waals surface area contributed by atoms with Crippen LogP contribution < -0.4 is 4.74 Å². The van der Waals surface area contributed by atoms with E-state index in [1.54, 1.807) is 0 Å². The van der Waals surface area contributed by atoms with E-state index in [-0.39, 0.29) is 0 Å². The molecule has 0 bridgehead atoms. The highest BCUT2D eigenvalue weighted by molar-refractivity contribution is 7.93. The van der Waals surface area contributed by atoms with E-state index in [1.807, 2.05) is 24.3 Å². The zero-order valence-electron chi connectivity index (χ0n) is 10.1. The molecule has 2 aromatic rings. The van der Waals surface area contributed by atoms with Crippen LogP contribution in [-0.2, 0) is 0 Å². The third-order valence-corrected chi connectivity index (χ3v) is 3.96. The van der Waals surface area contributed by atoms with E-state index in [4.69, 9.17) is 9.29 Å². The van der Waals surface area contributed by atoms with Gasteiger partial charge in [0, 0.05) is 16.9 Å². The fraction of sp³-hybridized carbons (Fsp3) is 0.333. The second-order valence-corrected chi connectivity index (χ2v) is 5.44. The van der Waals surface area contributed by atoms with E-state index in [0.29, 0.717) is 6.10 Å². The highest BCUT2D eigenvalue weighted by Crippen LogP contribution is 2.28. The Bertz CT molecular complexity index is 547. The van der Waals surface area contributed by atoms with E-state index in [9.17, 15) is 0 Å². The Morgan fingerprint density at radius 1 is 1.00 bits per heavy atom. The van der Waals surface area contributed by atoms with Crippen molar-refractivity contribution in [3.05, 3.63) is 36.4 Å². The number of benzene rings is 2. The van der Waals surface area contributed by atoms with Crippen LogP contribution in [-0.4, -0.2) is 10.7 Å². The van der Waals surface area contributed by atoms with Crippen molar-refractivity contribution in [3.8, 4) is 5.75 Å². The molecule has 0 spiro atoms. The third kappa shape index (κ3) is 2.47. The number of fused-ring (bicyclic) bond motifs is 1. The first-order chi connectivity index (χ1) is 8.85. The van der Waals surface area contributed by atoms with Gasteiger partial charge < -0.3 is 9.29 Å². The Morgan fingerprint density at radius 3 is 2.50 bits per heavy atom. The van der Waals surface area contributed by atoms with Crippen molar-refractivity contribution >= 4 is 22.8 Å². The Hall–Kier alpha value is -1.19. The SMILES string of the molecule is OSc1ccc2cc(OC3CCCC3)ccc2c1. The molecule has 2 aromatic carbocycles.